The Bertz CT molecular complexity index is 726. The summed E-state index contributed by atoms with van der Waals surface area (Å²) in [6, 6.07) is 8.84. The minimum absolute atomic E-state index is 0.0821. The van der Waals surface area contributed by atoms with Gasteiger partial charge in [0.2, 0.25) is 5.91 Å². The fraction of sp³-hybridized carbons (Fsp3) is 0.353. The summed E-state index contributed by atoms with van der Waals surface area (Å²) in [5, 5.41) is 7.72. The zero-order chi connectivity index (χ0) is 17.6. The minimum Gasteiger partial charge on any atom is -0.340 e. The second kappa shape index (κ2) is 8.09. The second-order valence-corrected chi connectivity index (χ2v) is 6.81. The van der Waals surface area contributed by atoms with Gasteiger partial charge in [0.05, 0.1) is 12.1 Å². The third-order valence-corrected chi connectivity index (χ3v) is 4.80. The summed E-state index contributed by atoms with van der Waals surface area (Å²) in [5.41, 5.74) is 1.39. The molecule has 8 heteroatoms. The maximum atomic E-state index is 12.3. The molecule has 0 radical (unpaired) electrons. The van der Waals surface area contributed by atoms with Crippen LogP contribution in [0.4, 0.5) is 15.6 Å². The van der Waals surface area contributed by atoms with Gasteiger partial charge < -0.3 is 15.1 Å². The molecule has 1 aromatic heterocycles. The average molecular weight is 359 g/mol. The summed E-state index contributed by atoms with van der Waals surface area (Å²) in [6.45, 7) is 3.30. The van der Waals surface area contributed by atoms with Gasteiger partial charge in [0.15, 0.2) is 5.13 Å². The molecule has 1 aliphatic rings. The third-order valence-electron chi connectivity index (χ3n) is 3.99. The Morgan fingerprint density at radius 2 is 1.84 bits per heavy atom. The SMILES string of the molecule is CN1CCN(C(=O)Cc2csc(NC(=O)Nc3ccccc3)n2)CC1. The number of nitrogens with one attached hydrogen (secondary N) is 2. The number of aromatic nitrogens is 1. The van der Waals surface area contributed by atoms with Gasteiger partial charge in [0.1, 0.15) is 0 Å². The first-order chi connectivity index (χ1) is 12.1. The smallest absolute Gasteiger partial charge is 0.325 e. The van der Waals surface area contributed by atoms with Crippen LogP contribution in [-0.2, 0) is 11.2 Å². The van der Waals surface area contributed by atoms with Gasteiger partial charge in [-0.25, -0.2) is 9.78 Å². The van der Waals surface area contributed by atoms with Crippen LogP contribution >= 0.6 is 11.3 Å². The molecule has 0 atom stereocenters. The number of rotatable bonds is 4. The lowest BCUT2D eigenvalue weighted by Gasteiger charge is -2.32. The molecule has 1 fully saturated rings. The van der Waals surface area contributed by atoms with E-state index in [0.29, 0.717) is 16.5 Å². The molecule has 2 aromatic rings. The highest BCUT2D eigenvalue weighted by atomic mass is 32.1. The molecule has 1 aliphatic heterocycles. The number of thiazole rings is 1. The Labute approximate surface area is 150 Å². The molecule has 25 heavy (non-hydrogen) atoms. The highest BCUT2D eigenvalue weighted by Crippen LogP contribution is 2.17. The lowest BCUT2D eigenvalue weighted by molar-refractivity contribution is -0.132. The molecule has 0 aliphatic carbocycles. The van der Waals surface area contributed by atoms with E-state index in [-0.39, 0.29) is 18.4 Å². The Balaban J connectivity index is 1.50. The molecule has 0 spiro atoms. The lowest BCUT2D eigenvalue weighted by Crippen LogP contribution is -2.47. The number of anilines is 2. The van der Waals surface area contributed by atoms with Gasteiger partial charge in [0, 0.05) is 37.2 Å². The molecule has 7 nitrogen and oxygen atoms in total. The van der Waals surface area contributed by atoms with E-state index < -0.39 is 0 Å². The van der Waals surface area contributed by atoms with E-state index in [1.165, 1.54) is 11.3 Å². The Hall–Kier alpha value is -2.45. The average Bonchev–Trinajstić information content (AvgIpc) is 3.03. The predicted molar refractivity (Wildman–Crippen MR) is 99.0 cm³/mol. The van der Waals surface area contributed by atoms with Gasteiger partial charge in [-0.05, 0) is 19.2 Å². The van der Waals surface area contributed by atoms with E-state index in [2.05, 4.69) is 27.6 Å². The number of carbonyl (C=O) groups excluding carboxylic acids is 2. The number of nitrogens with zero attached hydrogens (tertiary/aromatic N) is 3. The van der Waals surface area contributed by atoms with Crippen molar-refractivity contribution in [2.24, 2.45) is 0 Å². The van der Waals surface area contributed by atoms with Crippen molar-refractivity contribution in [1.82, 2.24) is 14.8 Å². The van der Waals surface area contributed by atoms with Gasteiger partial charge in [-0.15, -0.1) is 11.3 Å². The molecular weight excluding hydrogens is 338 g/mol. The summed E-state index contributed by atoms with van der Waals surface area (Å²) in [4.78, 5) is 32.7. The highest BCUT2D eigenvalue weighted by Gasteiger charge is 2.20. The number of piperazine rings is 1. The molecular formula is C17H21N5O2S. The molecule has 2 heterocycles. The fourth-order valence-electron chi connectivity index (χ4n) is 2.55. The van der Waals surface area contributed by atoms with Gasteiger partial charge in [-0.1, -0.05) is 18.2 Å². The van der Waals surface area contributed by atoms with E-state index in [1.807, 2.05) is 40.6 Å². The first-order valence-electron chi connectivity index (χ1n) is 8.14. The number of para-hydroxylation sites is 1. The van der Waals surface area contributed by atoms with Crippen molar-refractivity contribution < 1.29 is 9.59 Å². The quantitative estimate of drug-likeness (QED) is 0.876. The van der Waals surface area contributed by atoms with Crippen LogP contribution in [0.5, 0.6) is 0 Å². The monoisotopic (exact) mass is 359 g/mol. The van der Waals surface area contributed by atoms with Gasteiger partial charge >= 0.3 is 6.03 Å². The lowest BCUT2D eigenvalue weighted by atomic mass is 10.2. The Morgan fingerprint density at radius 1 is 1.12 bits per heavy atom. The summed E-state index contributed by atoms with van der Waals surface area (Å²) < 4.78 is 0. The predicted octanol–water partition coefficient (Wildman–Crippen LogP) is 2.10. The molecule has 3 rings (SSSR count). The van der Waals surface area contributed by atoms with E-state index in [1.54, 1.807) is 0 Å². The molecule has 1 aromatic carbocycles. The minimum atomic E-state index is -0.350. The van der Waals surface area contributed by atoms with E-state index in [0.717, 1.165) is 26.2 Å². The maximum absolute atomic E-state index is 12.3. The van der Waals surface area contributed by atoms with Crippen molar-refractivity contribution in [2.45, 2.75) is 6.42 Å². The molecule has 1 saturated heterocycles. The molecule has 0 saturated carbocycles. The largest absolute Gasteiger partial charge is 0.340 e. The van der Waals surface area contributed by atoms with Crippen molar-refractivity contribution in [1.29, 1.82) is 0 Å². The van der Waals surface area contributed by atoms with Crippen LogP contribution in [0, 0.1) is 0 Å². The van der Waals surface area contributed by atoms with Crippen LogP contribution in [-0.4, -0.2) is 59.9 Å². The highest BCUT2D eigenvalue weighted by molar-refractivity contribution is 7.14. The van der Waals surface area contributed by atoms with Crippen LogP contribution in [0.1, 0.15) is 5.69 Å². The topological polar surface area (TPSA) is 77.6 Å². The van der Waals surface area contributed by atoms with Crippen LogP contribution in [0.25, 0.3) is 0 Å². The fourth-order valence-corrected chi connectivity index (χ4v) is 3.25. The first-order valence-corrected chi connectivity index (χ1v) is 9.02. The number of amides is 3. The van der Waals surface area contributed by atoms with Crippen molar-refractivity contribution in [3.8, 4) is 0 Å². The number of urea groups is 1. The zero-order valence-corrected chi connectivity index (χ0v) is 14.9. The summed E-state index contributed by atoms with van der Waals surface area (Å²) in [7, 11) is 2.06. The summed E-state index contributed by atoms with van der Waals surface area (Å²) in [6.07, 6.45) is 0.266. The summed E-state index contributed by atoms with van der Waals surface area (Å²) in [5.74, 6) is 0.0821. The van der Waals surface area contributed by atoms with Crippen LogP contribution in [0.15, 0.2) is 35.7 Å². The second-order valence-electron chi connectivity index (χ2n) is 5.95. The number of hydrogen-bond acceptors (Lipinski definition) is 5. The Morgan fingerprint density at radius 3 is 2.56 bits per heavy atom. The van der Waals surface area contributed by atoms with Gasteiger partial charge in [-0.2, -0.15) is 0 Å². The van der Waals surface area contributed by atoms with E-state index in [9.17, 15) is 9.59 Å². The number of likely N-dealkylation sites (N-methyl/N-ethyl adjacent to an activating group) is 1. The van der Waals surface area contributed by atoms with Gasteiger partial charge in [-0.3, -0.25) is 10.1 Å². The van der Waals surface area contributed by atoms with E-state index >= 15 is 0 Å². The van der Waals surface area contributed by atoms with Gasteiger partial charge in [0.25, 0.3) is 0 Å². The standard InChI is InChI=1S/C17H21N5O2S/c1-21-7-9-22(10-8-21)15(23)11-14-12-25-17(19-14)20-16(24)18-13-5-3-2-4-6-13/h2-6,12H,7-11H2,1H3,(H2,18,19,20,24). The van der Waals surface area contributed by atoms with Crippen molar-refractivity contribution in [3.05, 3.63) is 41.4 Å². The van der Waals surface area contributed by atoms with E-state index in [4.69, 9.17) is 0 Å². The summed E-state index contributed by atoms with van der Waals surface area (Å²) >= 11 is 1.32. The molecule has 132 valence electrons. The molecule has 2 N–H and O–H groups in total. The first kappa shape index (κ1) is 17.4. The van der Waals surface area contributed by atoms with Crippen molar-refractivity contribution in [3.63, 3.8) is 0 Å². The Kier molecular flexibility index (Phi) is 5.62. The molecule has 0 unspecified atom stereocenters. The third kappa shape index (κ3) is 5.01. The van der Waals surface area contributed by atoms with Crippen LogP contribution in [0.2, 0.25) is 0 Å². The van der Waals surface area contributed by atoms with Crippen LogP contribution < -0.4 is 10.6 Å². The molecule has 3 amide bonds. The van der Waals surface area contributed by atoms with Crippen molar-refractivity contribution in [2.75, 3.05) is 43.9 Å². The van der Waals surface area contributed by atoms with Crippen LogP contribution in [0.3, 0.4) is 0 Å². The molecule has 0 bridgehead atoms. The number of benzene rings is 1. The maximum Gasteiger partial charge on any atom is 0.325 e. The van der Waals surface area contributed by atoms with Crippen molar-refractivity contribution >= 4 is 34.1 Å². The normalized spacial score (nSPS) is 15.0. The number of carbonyl (C=O) groups is 2. The number of hydrogen-bond donors (Lipinski definition) is 2. The zero-order valence-electron chi connectivity index (χ0n) is 14.1.